The van der Waals surface area contributed by atoms with Gasteiger partial charge in [0.2, 0.25) is 11.0 Å². The molecule has 0 aliphatic heterocycles. The fourth-order valence-electron chi connectivity index (χ4n) is 1.52. The van der Waals surface area contributed by atoms with Gasteiger partial charge in [0.15, 0.2) is 0 Å². The maximum atomic E-state index is 11.9. The fourth-order valence-corrected chi connectivity index (χ4v) is 3.17. The summed E-state index contributed by atoms with van der Waals surface area (Å²) in [5.74, 6) is 0.316. The minimum atomic E-state index is -0.0548. The molecule has 0 atom stereocenters. The standard InChI is InChI=1S/C15H19N3OS2/c1-4-15(2,3)13-17-18-14(21-13)16-12(19)10-20-11-8-6-5-7-9-11/h5-9H,4,10H2,1-3H3,(H,16,18,19). The number of nitrogens with zero attached hydrogens (tertiary/aromatic N) is 2. The predicted molar refractivity (Wildman–Crippen MR) is 89.0 cm³/mol. The van der Waals surface area contributed by atoms with Gasteiger partial charge in [-0.3, -0.25) is 10.1 Å². The first-order valence-corrected chi connectivity index (χ1v) is 8.63. The SMILES string of the molecule is CCC(C)(C)c1nnc(NC(=O)CSc2ccccc2)s1. The topological polar surface area (TPSA) is 54.9 Å². The molecule has 6 heteroatoms. The Bertz CT molecular complexity index is 596. The molecule has 0 saturated carbocycles. The van der Waals surface area contributed by atoms with E-state index in [4.69, 9.17) is 0 Å². The van der Waals surface area contributed by atoms with E-state index in [1.807, 2.05) is 30.3 Å². The van der Waals surface area contributed by atoms with Gasteiger partial charge in [-0.05, 0) is 18.6 Å². The number of thioether (sulfide) groups is 1. The number of carbonyl (C=O) groups excluding carboxylic acids is 1. The van der Waals surface area contributed by atoms with Crippen LogP contribution in [-0.4, -0.2) is 21.9 Å². The van der Waals surface area contributed by atoms with Crippen molar-refractivity contribution in [2.24, 2.45) is 0 Å². The van der Waals surface area contributed by atoms with Gasteiger partial charge < -0.3 is 0 Å². The van der Waals surface area contributed by atoms with Crippen LogP contribution in [-0.2, 0) is 10.2 Å². The third-order valence-corrected chi connectivity index (χ3v) is 5.46. The van der Waals surface area contributed by atoms with Crippen LogP contribution in [0, 0.1) is 0 Å². The summed E-state index contributed by atoms with van der Waals surface area (Å²) in [6.45, 7) is 6.38. The third-order valence-electron chi connectivity index (χ3n) is 3.25. The highest BCUT2D eigenvalue weighted by Crippen LogP contribution is 2.31. The lowest BCUT2D eigenvalue weighted by Crippen LogP contribution is -2.14. The molecular formula is C15H19N3OS2. The Morgan fingerprint density at radius 3 is 2.67 bits per heavy atom. The van der Waals surface area contributed by atoms with Gasteiger partial charge in [0.05, 0.1) is 5.75 Å². The Kier molecular flexibility index (Phi) is 5.36. The van der Waals surface area contributed by atoms with Crippen molar-refractivity contribution in [2.75, 3.05) is 11.1 Å². The zero-order chi connectivity index (χ0) is 15.3. The number of rotatable bonds is 6. The molecule has 0 radical (unpaired) electrons. The van der Waals surface area contributed by atoms with Crippen LogP contribution in [0.1, 0.15) is 32.2 Å². The van der Waals surface area contributed by atoms with Crippen molar-refractivity contribution in [1.82, 2.24) is 10.2 Å². The highest BCUT2D eigenvalue weighted by Gasteiger charge is 2.23. The molecule has 0 aliphatic carbocycles. The zero-order valence-electron chi connectivity index (χ0n) is 12.4. The Hall–Kier alpha value is -1.40. The number of hydrogen-bond acceptors (Lipinski definition) is 5. The monoisotopic (exact) mass is 321 g/mol. The van der Waals surface area contributed by atoms with Crippen LogP contribution < -0.4 is 5.32 Å². The van der Waals surface area contributed by atoms with Crippen LogP contribution in [0.25, 0.3) is 0 Å². The average molecular weight is 321 g/mol. The molecule has 0 aliphatic rings. The quantitative estimate of drug-likeness (QED) is 0.818. The van der Waals surface area contributed by atoms with E-state index in [0.29, 0.717) is 10.9 Å². The summed E-state index contributed by atoms with van der Waals surface area (Å²) in [5, 5.41) is 12.6. The lowest BCUT2D eigenvalue weighted by atomic mass is 9.91. The number of benzene rings is 1. The van der Waals surface area contributed by atoms with Crippen molar-refractivity contribution in [3.8, 4) is 0 Å². The normalized spacial score (nSPS) is 11.4. The van der Waals surface area contributed by atoms with E-state index >= 15 is 0 Å². The average Bonchev–Trinajstić information content (AvgIpc) is 2.95. The number of hydrogen-bond donors (Lipinski definition) is 1. The second kappa shape index (κ2) is 7.04. The highest BCUT2D eigenvalue weighted by atomic mass is 32.2. The lowest BCUT2D eigenvalue weighted by molar-refractivity contribution is -0.113. The van der Waals surface area contributed by atoms with Gasteiger partial charge in [-0.2, -0.15) is 0 Å². The van der Waals surface area contributed by atoms with E-state index in [9.17, 15) is 4.79 Å². The van der Waals surface area contributed by atoms with Crippen molar-refractivity contribution < 1.29 is 4.79 Å². The second-order valence-corrected chi connectivity index (χ2v) is 7.33. The summed E-state index contributed by atoms with van der Waals surface area (Å²) in [6.07, 6.45) is 0.986. The first-order valence-electron chi connectivity index (χ1n) is 6.83. The molecule has 0 saturated heterocycles. The summed E-state index contributed by atoms with van der Waals surface area (Å²) < 4.78 is 0. The summed E-state index contributed by atoms with van der Waals surface area (Å²) >= 11 is 2.96. The summed E-state index contributed by atoms with van der Waals surface area (Å²) in [4.78, 5) is 13.0. The molecule has 0 fully saturated rings. The Morgan fingerprint density at radius 2 is 2.00 bits per heavy atom. The molecule has 1 N–H and O–H groups in total. The Morgan fingerprint density at radius 1 is 1.29 bits per heavy atom. The van der Waals surface area contributed by atoms with Crippen LogP contribution in [0.5, 0.6) is 0 Å². The number of nitrogens with one attached hydrogen (secondary N) is 1. The van der Waals surface area contributed by atoms with Gasteiger partial charge in [-0.25, -0.2) is 0 Å². The molecule has 2 aromatic rings. The van der Waals surface area contributed by atoms with Gasteiger partial charge in [0.1, 0.15) is 5.01 Å². The minimum absolute atomic E-state index is 0.000563. The number of anilines is 1. The van der Waals surface area contributed by atoms with Gasteiger partial charge >= 0.3 is 0 Å². The first kappa shape index (κ1) is 16.0. The van der Waals surface area contributed by atoms with E-state index in [1.165, 1.54) is 23.1 Å². The molecule has 1 amide bonds. The summed E-state index contributed by atoms with van der Waals surface area (Å²) in [6, 6.07) is 9.87. The van der Waals surface area contributed by atoms with Crippen molar-refractivity contribution in [3.63, 3.8) is 0 Å². The minimum Gasteiger partial charge on any atom is -0.300 e. The fraction of sp³-hybridized carbons (Fsp3) is 0.400. The molecule has 1 aromatic carbocycles. The van der Waals surface area contributed by atoms with Crippen LogP contribution in [0.3, 0.4) is 0 Å². The van der Waals surface area contributed by atoms with Crippen LogP contribution in [0.2, 0.25) is 0 Å². The summed E-state index contributed by atoms with van der Waals surface area (Å²) in [7, 11) is 0. The second-order valence-electron chi connectivity index (χ2n) is 5.30. The first-order chi connectivity index (χ1) is 10.0. The molecule has 0 bridgehead atoms. The molecule has 1 heterocycles. The highest BCUT2D eigenvalue weighted by molar-refractivity contribution is 8.00. The largest absolute Gasteiger partial charge is 0.300 e. The number of amides is 1. The van der Waals surface area contributed by atoms with Gasteiger partial charge in [-0.1, -0.05) is 50.3 Å². The lowest BCUT2D eigenvalue weighted by Gasteiger charge is -2.17. The number of carbonyl (C=O) groups is 1. The van der Waals surface area contributed by atoms with Crippen LogP contribution in [0.15, 0.2) is 35.2 Å². The predicted octanol–water partition coefficient (Wildman–Crippen LogP) is 3.96. The van der Waals surface area contributed by atoms with Gasteiger partial charge in [-0.15, -0.1) is 22.0 Å². The van der Waals surface area contributed by atoms with Crippen LogP contribution in [0.4, 0.5) is 5.13 Å². The number of aromatic nitrogens is 2. The van der Waals surface area contributed by atoms with E-state index < -0.39 is 0 Å². The summed E-state index contributed by atoms with van der Waals surface area (Å²) in [5.41, 5.74) is -0.000563. The molecule has 4 nitrogen and oxygen atoms in total. The maximum absolute atomic E-state index is 11.9. The molecule has 21 heavy (non-hydrogen) atoms. The molecule has 112 valence electrons. The molecule has 0 spiro atoms. The van der Waals surface area contributed by atoms with Crippen molar-refractivity contribution >= 4 is 34.1 Å². The smallest absolute Gasteiger partial charge is 0.236 e. The molecule has 0 unspecified atom stereocenters. The Balaban J connectivity index is 1.89. The molecule has 1 aromatic heterocycles. The molecular weight excluding hydrogens is 302 g/mol. The van der Waals surface area contributed by atoms with Crippen LogP contribution >= 0.6 is 23.1 Å². The third kappa shape index (κ3) is 4.54. The van der Waals surface area contributed by atoms with E-state index in [2.05, 4.69) is 36.3 Å². The van der Waals surface area contributed by atoms with E-state index in [0.717, 1.165) is 16.3 Å². The maximum Gasteiger partial charge on any atom is 0.236 e. The van der Waals surface area contributed by atoms with Gasteiger partial charge in [0.25, 0.3) is 0 Å². The van der Waals surface area contributed by atoms with E-state index in [-0.39, 0.29) is 11.3 Å². The van der Waals surface area contributed by atoms with Crippen molar-refractivity contribution in [3.05, 3.63) is 35.3 Å². The molecule has 2 rings (SSSR count). The zero-order valence-corrected chi connectivity index (χ0v) is 14.1. The van der Waals surface area contributed by atoms with E-state index in [1.54, 1.807) is 0 Å². The van der Waals surface area contributed by atoms with Gasteiger partial charge in [0, 0.05) is 10.3 Å². The van der Waals surface area contributed by atoms with Crippen molar-refractivity contribution in [2.45, 2.75) is 37.5 Å². The van der Waals surface area contributed by atoms with Crippen molar-refractivity contribution in [1.29, 1.82) is 0 Å². The Labute approximate surface area is 133 Å².